The number of amides is 2. The fraction of sp³-hybridized carbons (Fsp3) is 0.500. The van der Waals surface area contributed by atoms with Crippen molar-refractivity contribution in [1.29, 1.82) is 0 Å². The molecule has 1 rings (SSSR count). The molecule has 0 fully saturated rings. The van der Waals surface area contributed by atoms with Crippen LogP contribution >= 0.6 is 0 Å². The molecule has 1 aromatic rings. The summed E-state index contributed by atoms with van der Waals surface area (Å²) in [5.74, 6) is -0.278. The molecule has 0 saturated heterocycles. The van der Waals surface area contributed by atoms with Crippen LogP contribution in [0, 0.1) is 5.82 Å². The van der Waals surface area contributed by atoms with Crippen molar-refractivity contribution in [1.82, 2.24) is 10.6 Å². The van der Waals surface area contributed by atoms with Crippen molar-refractivity contribution in [3.8, 4) is 5.75 Å². The van der Waals surface area contributed by atoms with Gasteiger partial charge < -0.3 is 20.5 Å². The third-order valence-corrected chi connectivity index (χ3v) is 2.84. The molecule has 20 heavy (non-hydrogen) atoms. The van der Waals surface area contributed by atoms with Crippen molar-refractivity contribution in [3.05, 3.63) is 29.6 Å². The minimum atomic E-state index is -0.455. The number of hydrogen-bond donors (Lipinski definition) is 3. The normalized spacial score (nSPS) is 11.8. The topological polar surface area (TPSA) is 70.6 Å². The van der Waals surface area contributed by atoms with Gasteiger partial charge in [-0.3, -0.25) is 0 Å². The molecule has 0 spiro atoms. The lowest BCUT2D eigenvalue weighted by atomic mass is 10.2. The second-order valence-corrected chi connectivity index (χ2v) is 4.56. The largest absolute Gasteiger partial charge is 0.494 e. The van der Waals surface area contributed by atoms with Gasteiger partial charge in [-0.15, -0.1) is 0 Å². The first-order chi connectivity index (χ1) is 9.56. The third-order valence-electron chi connectivity index (χ3n) is 2.84. The van der Waals surface area contributed by atoms with Gasteiger partial charge in [0.15, 0.2) is 11.6 Å². The van der Waals surface area contributed by atoms with E-state index in [0.29, 0.717) is 18.4 Å². The number of rotatable bonds is 7. The van der Waals surface area contributed by atoms with Crippen LogP contribution in [0.2, 0.25) is 0 Å². The Labute approximate surface area is 118 Å². The lowest BCUT2D eigenvalue weighted by Gasteiger charge is -2.14. The Morgan fingerprint density at radius 2 is 2.25 bits per heavy atom. The zero-order chi connectivity index (χ0) is 15.0. The number of carbonyl (C=O) groups excluding carboxylic acids is 1. The molecule has 0 saturated carbocycles. The van der Waals surface area contributed by atoms with Gasteiger partial charge in [-0.25, -0.2) is 9.18 Å². The molecule has 0 radical (unpaired) electrons. The number of aliphatic hydroxyl groups is 1. The number of hydrogen-bond acceptors (Lipinski definition) is 3. The molecule has 5 nitrogen and oxygen atoms in total. The van der Waals surface area contributed by atoms with E-state index in [9.17, 15) is 9.18 Å². The lowest BCUT2D eigenvalue weighted by molar-refractivity contribution is 0.234. The summed E-state index contributed by atoms with van der Waals surface area (Å²) < 4.78 is 18.3. The number of urea groups is 1. The lowest BCUT2D eigenvalue weighted by Crippen LogP contribution is -2.40. The predicted octanol–water partition coefficient (Wildman–Crippen LogP) is 1.79. The van der Waals surface area contributed by atoms with E-state index >= 15 is 0 Å². The molecule has 0 aliphatic heterocycles. The summed E-state index contributed by atoms with van der Waals surface area (Å²) in [4.78, 5) is 11.6. The SMILES string of the molecule is COc1ccc(CNC(=O)NC(C)CCCO)cc1F. The summed E-state index contributed by atoms with van der Waals surface area (Å²) >= 11 is 0. The van der Waals surface area contributed by atoms with Crippen LogP contribution < -0.4 is 15.4 Å². The molecule has 6 heteroatoms. The minimum Gasteiger partial charge on any atom is -0.494 e. The molecular formula is C14H21FN2O3. The van der Waals surface area contributed by atoms with E-state index in [4.69, 9.17) is 9.84 Å². The van der Waals surface area contributed by atoms with Gasteiger partial charge in [0.1, 0.15) is 0 Å². The molecule has 1 unspecified atom stereocenters. The Kier molecular flexibility index (Phi) is 6.79. The Morgan fingerprint density at radius 3 is 2.85 bits per heavy atom. The van der Waals surface area contributed by atoms with E-state index in [0.717, 1.165) is 0 Å². The first kappa shape index (κ1) is 16.2. The molecule has 1 atom stereocenters. The van der Waals surface area contributed by atoms with Gasteiger partial charge in [-0.1, -0.05) is 6.07 Å². The summed E-state index contributed by atoms with van der Waals surface area (Å²) in [6, 6.07) is 4.21. The average Bonchev–Trinajstić information content (AvgIpc) is 2.43. The van der Waals surface area contributed by atoms with Crippen LogP contribution in [-0.4, -0.2) is 30.9 Å². The first-order valence-electron chi connectivity index (χ1n) is 6.54. The van der Waals surface area contributed by atoms with Gasteiger partial charge in [-0.05, 0) is 37.5 Å². The van der Waals surface area contributed by atoms with Crippen LogP contribution in [0.5, 0.6) is 5.75 Å². The number of benzene rings is 1. The number of carbonyl (C=O) groups is 1. The fourth-order valence-electron chi connectivity index (χ4n) is 1.75. The maximum absolute atomic E-state index is 13.4. The molecule has 0 aliphatic rings. The zero-order valence-corrected chi connectivity index (χ0v) is 11.8. The highest BCUT2D eigenvalue weighted by Crippen LogP contribution is 2.17. The fourth-order valence-corrected chi connectivity index (χ4v) is 1.75. The predicted molar refractivity (Wildman–Crippen MR) is 74.1 cm³/mol. The van der Waals surface area contributed by atoms with Crippen molar-refractivity contribution in [2.45, 2.75) is 32.4 Å². The molecule has 3 N–H and O–H groups in total. The Hall–Kier alpha value is -1.82. The summed E-state index contributed by atoms with van der Waals surface area (Å²) in [6.07, 6.45) is 1.35. The van der Waals surface area contributed by atoms with E-state index in [2.05, 4.69) is 10.6 Å². The van der Waals surface area contributed by atoms with Crippen LogP contribution in [0.1, 0.15) is 25.3 Å². The second kappa shape index (κ2) is 8.37. The number of nitrogens with one attached hydrogen (secondary N) is 2. The van der Waals surface area contributed by atoms with Gasteiger partial charge in [0.05, 0.1) is 7.11 Å². The Balaban J connectivity index is 2.39. The molecule has 0 bridgehead atoms. The van der Waals surface area contributed by atoms with Crippen molar-refractivity contribution in [2.24, 2.45) is 0 Å². The van der Waals surface area contributed by atoms with Crippen molar-refractivity contribution < 1.29 is 19.0 Å². The van der Waals surface area contributed by atoms with Gasteiger partial charge in [0, 0.05) is 19.2 Å². The van der Waals surface area contributed by atoms with Crippen LogP contribution in [0.25, 0.3) is 0 Å². The standard InChI is InChI=1S/C14H21FN2O3/c1-10(4-3-7-18)17-14(19)16-9-11-5-6-13(20-2)12(15)8-11/h5-6,8,10,18H,3-4,7,9H2,1-2H3,(H2,16,17,19). The molecule has 112 valence electrons. The molecule has 0 heterocycles. The minimum absolute atomic E-state index is 0.0187. The van der Waals surface area contributed by atoms with Crippen LogP contribution in [0.15, 0.2) is 18.2 Å². The molecule has 0 aromatic heterocycles. The van der Waals surface area contributed by atoms with E-state index in [1.807, 2.05) is 6.92 Å². The second-order valence-electron chi connectivity index (χ2n) is 4.56. The summed E-state index contributed by atoms with van der Waals surface area (Å²) in [7, 11) is 1.40. The van der Waals surface area contributed by atoms with Crippen LogP contribution in [0.3, 0.4) is 0 Å². The average molecular weight is 284 g/mol. The molecular weight excluding hydrogens is 263 g/mol. The molecule has 1 aromatic carbocycles. The molecule has 2 amide bonds. The first-order valence-corrected chi connectivity index (χ1v) is 6.54. The summed E-state index contributed by atoms with van der Waals surface area (Å²) in [6.45, 7) is 2.21. The zero-order valence-electron chi connectivity index (χ0n) is 11.8. The third kappa shape index (κ3) is 5.44. The van der Waals surface area contributed by atoms with Gasteiger partial charge in [-0.2, -0.15) is 0 Å². The maximum atomic E-state index is 13.4. The number of aliphatic hydroxyl groups excluding tert-OH is 1. The highest BCUT2D eigenvalue weighted by Gasteiger charge is 2.07. The Morgan fingerprint density at radius 1 is 1.50 bits per heavy atom. The highest BCUT2D eigenvalue weighted by atomic mass is 19.1. The summed E-state index contributed by atoms with van der Waals surface area (Å²) in [5.41, 5.74) is 0.654. The molecule has 0 aliphatic carbocycles. The Bertz CT molecular complexity index is 440. The van der Waals surface area contributed by atoms with Crippen molar-refractivity contribution in [2.75, 3.05) is 13.7 Å². The van der Waals surface area contributed by atoms with Gasteiger partial charge >= 0.3 is 6.03 Å². The maximum Gasteiger partial charge on any atom is 0.315 e. The van der Waals surface area contributed by atoms with Gasteiger partial charge in [0.25, 0.3) is 0 Å². The number of halogens is 1. The highest BCUT2D eigenvalue weighted by molar-refractivity contribution is 5.74. The van der Waals surface area contributed by atoms with E-state index in [1.54, 1.807) is 6.07 Å². The van der Waals surface area contributed by atoms with Crippen molar-refractivity contribution in [3.63, 3.8) is 0 Å². The van der Waals surface area contributed by atoms with Crippen LogP contribution in [-0.2, 0) is 6.54 Å². The monoisotopic (exact) mass is 284 g/mol. The van der Waals surface area contributed by atoms with Gasteiger partial charge in [0.2, 0.25) is 0 Å². The van der Waals surface area contributed by atoms with E-state index in [1.165, 1.54) is 19.2 Å². The number of methoxy groups -OCH3 is 1. The van der Waals surface area contributed by atoms with E-state index < -0.39 is 5.82 Å². The summed E-state index contributed by atoms with van der Waals surface area (Å²) in [5, 5.41) is 14.1. The number of ether oxygens (including phenoxy) is 1. The van der Waals surface area contributed by atoms with Crippen LogP contribution in [0.4, 0.5) is 9.18 Å². The quantitative estimate of drug-likeness (QED) is 0.715. The van der Waals surface area contributed by atoms with Crippen molar-refractivity contribution >= 4 is 6.03 Å². The van der Waals surface area contributed by atoms with E-state index in [-0.39, 0.29) is 31.0 Å². The smallest absolute Gasteiger partial charge is 0.315 e.